The molecule has 0 amide bonds. The van der Waals surface area contributed by atoms with E-state index in [-0.39, 0.29) is 29.8 Å². The van der Waals surface area contributed by atoms with Gasteiger partial charge in [0.2, 0.25) is 0 Å². The SMILES string of the molecule is C[C@H]1CC2C3CCC4=CC(=O)C=C[C@]4(C)[C@@]3(F)[C@@H](O)C[C@]2(C)/C1=C(/O)C=O. The minimum absolute atomic E-state index is 0.0343. The van der Waals surface area contributed by atoms with Crippen LogP contribution in [0.25, 0.3) is 0 Å². The highest BCUT2D eigenvalue weighted by molar-refractivity contribution is 6.01. The van der Waals surface area contributed by atoms with Crippen molar-refractivity contribution in [1.29, 1.82) is 0 Å². The molecule has 0 aromatic heterocycles. The Balaban J connectivity index is 1.85. The molecule has 2 N–H and O–H groups in total. The Kier molecular flexibility index (Phi) is 3.88. The molecular formula is C22H27FO4. The van der Waals surface area contributed by atoms with E-state index in [1.807, 2.05) is 13.8 Å². The van der Waals surface area contributed by atoms with Gasteiger partial charge < -0.3 is 10.2 Å². The smallest absolute Gasteiger partial charge is 0.184 e. The van der Waals surface area contributed by atoms with Gasteiger partial charge in [0.05, 0.1) is 6.10 Å². The fourth-order valence-corrected chi connectivity index (χ4v) is 6.97. The highest BCUT2D eigenvalue weighted by Crippen LogP contribution is 2.69. The maximum atomic E-state index is 16.8. The predicted octanol–water partition coefficient (Wildman–Crippen LogP) is 3.61. The molecule has 4 rings (SSSR count). The van der Waals surface area contributed by atoms with E-state index in [0.29, 0.717) is 31.1 Å². The molecule has 3 fully saturated rings. The van der Waals surface area contributed by atoms with Crippen LogP contribution in [-0.2, 0) is 9.59 Å². The predicted molar refractivity (Wildman–Crippen MR) is 98.6 cm³/mol. The van der Waals surface area contributed by atoms with Crippen molar-refractivity contribution in [2.45, 2.75) is 58.2 Å². The minimum atomic E-state index is -1.87. The lowest BCUT2D eigenvalue weighted by Gasteiger charge is -2.61. The van der Waals surface area contributed by atoms with E-state index in [0.717, 1.165) is 5.57 Å². The summed E-state index contributed by atoms with van der Waals surface area (Å²) in [6, 6.07) is 0. The fraction of sp³-hybridized carbons (Fsp3) is 0.636. The Morgan fingerprint density at radius 1 is 1.33 bits per heavy atom. The number of alkyl halides is 1. The van der Waals surface area contributed by atoms with Gasteiger partial charge >= 0.3 is 0 Å². The first kappa shape index (κ1) is 18.6. The van der Waals surface area contributed by atoms with Crippen molar-refractivity contribution < 1.29 is 24.2 Å². The number of halogens is 1. The number of carbonyl (C=O) groups is 2. The molecule has 27 heavy (non-hydrogen) atoms. The first-order valence-electron chi connectivity index (χ1n) is 9.79. The Labute approximate surface area is 158 Å². The highest BCUT2D eigenvalue weighted by Gasteiger charge is 2.70. The van der Waals surface area contributed by atoms with Gasteiger partial charge in [-0.25, -0.2) is 4.39 Å². The van der Waals surface area contributed by atoms with Crippen LogP contribution in [0.5, 0.6) is 0 Å². The van der Waals surface area contributed by atoms with E-state index in [9.17, 15) is 19.8 Å². The van der Waals surface area contributed by atoms with Crippen LogP contribution in [-0.4, -0.2) is 34.1 Å². The maximum absolute atomic E-state index is 16.8. The van der Waals surface area contributed by atoms with Crippen molar-refractivity contribution in [3.05, 3.63) is 35.1 Å². The van der Waals surface area contributed by atoms with Crippen LogP contribution in [0.1, 0.15) is 46.5 Å². The molecule has 2 unspecified atom stereocenters. The quantitative estimate of drug-likeness (QED) is 0.418. The maximum Gasteiger partial charge on any atom is 0.184 e. The van der Waals surface area contributed by atoms with E-state index in [1.165, 1.54) is 12.2 Å². The Hall–Kier alpha value is -1.75. The lowest BCUT2D eigenvalue weighted by molar-refractivity contribution is -0.184. The summed E-state index contributed by atoms with van der Waals surface area (Å²) in [6.45, 7) is 5.70. The number of ketones is 1. The van der Waals surface area contributed by atoms with Crippen LogP contribution < -0.4 is 0 Å². The number of carbonyl (C=O) groups excluding carboxylic acids is 2. The molecule has 0 radical (unpaired) electrons. The number of aldehydes is 1. The topological polar surface area (TPSA) is 74.6 Å². The normalized spacial score (nSPS) is 50.4. The zero-order valence-electron chi connectivity index (χ0n) is 16.0. The first-order valence-corrected chi connectivity index (χ1v) is 9.79. The molecule has 0 bridgehead atoms. The molecule has 0 aromatic rings. The van der Waals surface area contributed by atoms with Gasteiger partial charge in [0.25, 0.3) is 0 Å². The van der Waals surface area contributed by atoms with E-state index >= 15 is 4.39 Å². The largest absolute Gasteiger partial charge is 0.505 e. The van der Waals surface area contributed by atoms with Gasteiger partial charge in [-0.1, -0.05) is 25.5 Å². The molecule has 7 atom stereocenters. The molecule has 4 nitrogen and oxygen atoms in total. The highest BCUT2D eigenvalue weighted by atomic mass is 19.1. The summed E-state index contributed by atoms with van der Waals surface area (Å²) < 4.78 is 16.8. The Bertz CT molecular complexity index is 811. The average Bonchev–Trinajstić information content (AvgIpc) is 2.86. The summed E-state index contributed by atoms with van der Waals surface area (Å²) >= 11 is 0. The molecule has 0 heterocycles. The van der Waals surface area contributed by atoms with Crippen molar-refractivity contribution in [3.8, 4) is 0 Å². The molecule has 0 aliphatic heterocycles. The van der Waals surface area contributed by atoms with Gasteiger partial charge in [-0.2, -0.15) is 0 Å². The van der Waals surface area contributed by atoms with Gasteiger partial charge in [0.1, 0.15) is 0 Å². The molecule has 0 spiro atoms. The standard InChI is InChI=1S/C22H27FO4/c1-12-8-16-15-5-4-13-9-14(25)6-7-21(13,3)22(15,23)18(27)10-20(16,2)19(12)17(26)11-24/h6-7,9,11-12,15-16,18,26-27H,4-5,8,10H2,1-3H3/b19-17+/t12-,15?,16?,18-,20-,21-,22-/m0/s1. The number of aliphatic hydroxyl groups is 2. The van der Waals surface area contributed by atoms with Crippen molar-refractivity contribution in [1.82, 2.24) is 0 Å². The van der Waals surface area contributed by atoms with E-state index < -0.39 is 28.5 Å². The summed E-state index contributed by atoms with van der Waals surface area (Å²) in [5.41, 5.74) is -2.06. The number of hydrogen-bond donors (Lipinski definition) is 2. The van der Waals surface area contributed by atoms with Gasteiger partial charge in [0, 0.05) is 11.3 Å². The zero-order valence-corrected chi connectivity index (χ0v) is 16.0. The third kappa shape index (κ3) is 2.12. The van der Waals surface area contributed by atoms with Crippen molar-refractivity contribution in [2.24, 2.45) is 28.6 Å². The van der Waals surface area contributed by atoms with Crippen LogP contribution >= 0.6 is 0 Å². The Morgan fingerprint density at radius 3 is 2.70 bits per heavy atom. The van der Waals surface area contributed by atoms with Crippen LogP contribution in [0.3, 0.4) is 0 Å². The molecule has 5 heteroatoms. The van der Waals surface area contributed by atoms with Gasteiger partial charge in [-0.3, -0.25) is 9.59 Å². The van der Waals surface area contributed by atoms with Crippen molar-refractivity contribution >= 4 is 12.1 Å². The van der Waals surface area contributed by atoms with Crippen molar-refractivity contribution in [2.75, 3.05) is 0 Å². The van der Waals surface area contributed by atoms with E-state index in [1.54, 1.807) is 13.0 Å². The monoisotopic (exact) mass is 374 g/mol. The molecule has 4 aliphatic carbocycles. The Morgan fingerprint density at radius 2 is 2.04 bits per heavy atom. The second kappa shape index (κ2) is 5.63. The van der Waals surface area contributed by atoms with E-state index in [2.05, 4.69) is 0 Å². The molecule has 0 aromatic carbocycles. The fourth-order valence-electron chi connectivity index (χ4n) is 6.97. The van der Waals surface area contributed by atoms with Crippen LogP contribution in [0.4, 0.5) is 4.39 Å². The zero-order chi connectivity index (χ0) is 19.8. The van der Waals surface area contributed by atoms with Crippen LogP contribution in [0.2, 0.25) is 0 Å². The summed E-state index contributed by atoms with van der Waals surface area (Å²) in [4.78, 5) is 23.1. The van der Waals surface area contributed by atoms with Gasteiger partial charge in [0.15, 0.2) is 23.5 Å². The number of hydrogen-bond acceptors (Lipinski definition) is 4. The third-order valence-corrected chi connectivity index (χ3v) is 8.13. The molecule has 3 saturated carbocycles. The molecule has 4 aliphatic rings. The van der Waals surface area contributed by atoms with Gasteiger partial charge in [-0.05, 0) is 67.6 Å². The molecule has 0 saturated heterocycles. The van der Waals surface area contributed by atoms with Gasteiger partial charge in [-0.15, -0.1) is 0 Å². The summed E-state index contributed by atoms with van der Waals surface area (Å²) in [5, 5.41) is 21.3. The van der Waals surface area contributed by atoms with Crippen molar-refractivity contribution in [3.63, 3.8) is 0 Å². The second-order valence-electron chi connectivity index (χ2n) is 9.32. The number of rotatable bonds is 1. The minimum Gasteiger partial charge on any atom is -0.505 e. The lowest BCUT2D eigenvalue weighted by atomic mass is 9.45. The summed E-state index contributed by atoms with van der Waals surface area (Å²) in [5.74, 6) is -0.895. The average molecular weight is 374 g/mol. The molecular weight excluding hydrogens is 347 g/mol. The second-order valence-corrected chi connectivity index (χ2v) is 9.32. The first-order chi connectivity index (χ1) is 12.6. The summed E-state index contributed by atoms with van der Waals surface area (Å²) in [7, 11) is 0. The van der Waals surface area contributed by atoms with E-state index in [4.69, 9.17) is 0 Å². The van der Waals surface area contributed by atoms with Crippen LogP contribution in [0.15, 0.2) is 35.1 Å². The number of allylic oxidation sites excluding steroid dienone is 6. The lowest BCUT2D eigenvalue weighted by Crippen LogP contribution is -2.66. The molecule has 146 valence electrons. The number of aliphatic hydroxyl groups excluding tert-OH is 2. The van der Waals surface area contributed by atoms with Crippen LogP contribution in [0, 0.1) is 28.6 Å². The number of fused-ring (bicyclic) bond motifs is 5. The third-order valence-electron chi connectivity index (χ3n) is 8.13. The summed E-state index contributed by atoms with van der Waals surface area (Å²) in [6.07, 6.45) is 5.82.